The van der Waals surface area contributed by atoms with Gasteiger partial charge in [-0.3, -0.25) is 4.79 Å². The van der Waals surface area contributed by atoms with Crippen LogP contribution in [0, 0.1) is 5.82 Å². The van der Waals surface area contributed by atoms with Crippen molar-refractivity contribution in [2.45, 2.75) is 38.6 Å². The molecule has 3 N–H and O–H groups in total. The third-order valence-electron chi connectivity index (χ3n) is 2.92. The van der Waals surface area contributed by atoms with Crippen LogP contribution in [0.15, 0.2) is 24.3 Å². The van der Waals surface area contributed by atoms with Crippen molar-refractivity contribution in [1.82, 2.24) is 5.32 Å². The van der Waals surface area contributed by atoms with Crippen LogP contribution in [0.5, 0.6) is 0 Å². The number of halogens is 1. The lowest BCUT2D eigenvalue weighted by molar-refractivity contribution is -0.118. The van der Waals surface area contributed by atoms with Gasteiger partial charge in [0.15, 0.2) is 0 Å². The Bertz CT molecular complexity index is 365. The molecule has 0 fully saturated rings. The van der Waals surface area contributed by atoms with Crippen LogP contribution in [0.3, 0.4) is 0 Å². The largest absolute Gasteiger partial charge is 0.370 e. The van der Waals surface area contributed by atoms with Crippen LogP contribution in [-0.4, -0.2) is 12.5 Å². The number of hydrogen-bond acceptors (Lipinski definition) is 2. The first-order valence-electron chi connectivity index (χ1n) is 6.40. The molecule has 100 valence electrons. The minimum absolute atomic E-state index is 0.213. The second-order valence-electron chi connectivity index (χ2n) is 4.39. The minimum Gasteiger partial charge on any atom is -0.370 e. The monoisotopic (exact) mass is 252 g/mol. The van der Waals surface area contributed by atoms with E-state index in [1.165, 1.54) is 12.1 Å². The van der Waals surface area contributed by atoms with Gasteiger partial charge < -0.3 is 11.1 Å². The van der Waals surface area contributed by atoms with E-state index in [1.807, 2.05) is 0 Å². The van der Waals surface area contributed by atoms with E-state index in [4.69, 9.17) is 5.73 Å². The van der Waals surface area contributed by atoms with E-state index in [0.29, 0.717) is 6.42 Å². The Morgan fingerprint density at radius 2 is 2.00 bits per heavy atom. The van der Waals surface area contributed by atoms with Crippen molar-refractivity contribution >= 4 is 5.91 Å². The Morgan fingerprint density at radius 1 is 1.33 bits per heavy atom. The second-order valence-corrected chi connectivity index (χ2v) is 4.39. The molecule has 1 aromatic carbocycles. The van der Waals surface area contributed by atoms with E-state index in [2.05, 4.69) is 12.2 Å². The van der Waals surface area contributed by atoms with Gasteiger partial charge in [-0.1, -0.05) is 19.1 Å². The average molecular weight is 252 g/mol. The molecule has 0 radical (unpaired) electrons. The van der Waals surface area contributed by atoms with Crippen LogP contribution >= 0.6 is 0 Å². The van der Waals surface area contributed by atoms with Crippen LogP contribution in [0.4, 0.5) is 4.39 Å². The van der Waals surface area contributed by atoms with Crippen molar-refractivity contribution in [2.75, 3.05) is 6.54 Å². The number of nitrogens with one attached hydrogen (secondary N) is 1. The average Bonchev–Trinajstić information content (AvgIpc) is 2.35. The molecule has 0 saturated carbocycles. The fraction of sp³-hybridized carbons (Fsp3) is 0.500. The number of carbonyl (C=O) groups is 1. The Kier molecular flexibility index (Phi) is 6.36. The molecule has 1 unspecified atom stereocenters. The minimum atomic E-state index is -0.249. The third kappa shape index (κ3) is 5.27. The number of benzene rings is 1. The van der Waals surface area contributed by atoms with E-state index in [1.54, 1.807) is 12.1 Å². The van der Waals surface area contributed by atoms with Crippen molar-refractivity contribution in [3.8, 4) is 0 Å². The number of rotatable bonds is 8. The van der Waals surface area contributed by atoms with E-state index in [-0.39, 0.29) is 17.8 Å². The van der Waals surface area contributed by atoms with Crippen molar-refractivity contribution in [2.24, 2.45) is 5.73 Å². The predicted octanol–water partition coefficient (Wildman–Crippen LogP) is 2.52. The number of nitrogens with two attached hydrogens (primary N) is 1. The Hall–Kier alpha value is -1.42. The zero-order valence-corrected chi connectivity index (χ0v) is 10.8. The fourth-order valence-electron chi connectivity index (χ4n) is 1.89. The maximum absolute atomic E-state index is 12.8. The zero-order valence-electron chi connectivity index (χ0n) is 10.8. The Balaban J connectivity index is 2.33. The predicted molar refractivity (Wildman–Crippen MR) is 70.5 cm³/mol. The smallest absolute Gasteiger partial charge is 0.217 e. The first kappa shape index (κ1) is 14.6. The van der Waals surface area contributed by atoms with Gasteiger partial charge in [-0.25, -0.2) is 4.39 Å². The van der Waals surface area contributed by atoms with Crippen LogP contribution in [0.1, 0.15) is 44.2 Å². The molecular formula is C14H21FN2O. The molecule has 0 aliphatic heterocycles. The van der Waals surface area contributed by atoms with Gasteiger partial charge in [-0.15, -0.1) is 0 Å². The van der Waals surface area contributed by atoms with Crippen molar-refractivity contribution in [3.63, 3.8) is 0 Å². The molecule has 0 heterocycles. The standard InChI is InChI=1S/C14H21FN2O/c1-2-13(11-6-8-12(15)9-7-11)17-10-4-3-5-14(16)18/h6-9,13,17H,2-5,10H2,1H3,(H2,16,18). The van der Waals surface area contributed by atoms with E-state index < -0.39 is 0 Å². The van der Waals surface area contributed by atoms with E-state index in [0.717, 1.165) is 31.4 Å². The normalized spacial score (nSPS) is 12.3. The molecular weight excluding hydrogens is 231 g/mol. The zero-order chi connectivity index (χ0) is 13.4. The van der Waals surface area contributed by atoms with Gasteiger partial charge >= 0.3 is 0 Å². The summed E-state index contributed by atoms with van der Waals surface area (Å²) in [7, 11) is 0. The van der Waals surface area contributed by atoms with Crippen LogP contribution in [-0.2, 0) is 4.79 Å². The van der Waals surface area contributed by atoms with Crippen molar-refractivity contribution < 1.29 is 9.18 Å². The highest BCUT2D eigenvalue weighted by Gasteiger charge is 2.08. The van der Waals surface area contributed by atoms with Gasteiger partial charge in [0.25, 0.3) is 0 Å². The lowest BCUT2D eigenvalue weighted by Crippen LogP contribution is -2.22. The van der Waals surface area contributed by atoms with Gasteiger partial charge in [-0.05, 0) is 43.5 Å². The lowest BCUT2D eigenvalue weighted by Gasteiger charge is -2.17. The molecule has 1 aromatic rings. The third-order valence-corrected chi connectivity index (χ3v) is 2.92. The van der Waals surface area contributed by atoms with Crippen molar-refractivity contribution in [3.05, 3.63) is 35.6 Å². The lowest BCUT2D eigenvalue weighted by atomic mass is 10.0. The molecule has 1 rings (SSSR count). The SMILES string of the molecule is CCC(NCCCCC(N)=O)c1ccc(F)cc1. The fourth-order valence-corrected chi connectivity index (χ4v) is 1.89. The highest BCUT2D eigenvalue weighted by Crippen LogP contribution is 2.16. The molecule has 0 bridgehead atoms. The maximum atomic E-state index is 12.8. The van der Waals surface area contributed by atoms with Gasteiger partial charge in [0.05, 0.1) is 0 Å². The molecule has 0 saturated heterocycles. The summed E-state index contributed by atoms with van der Waals surface area (Å²) in [5.41, 5.74) is 6.16. The van der Waals surface area contributed by atoms with Crippen LogP contribution in [0.25, 0.3) is 0 Å². The number of primary amides is 1. The number of unbranched alkanes of at least 4 members (excludes halogenated alkanes) is 1. The van der Waals surface area contributed by atoms with Gasteiger partial charge in [-0.2, -0.15) is 0 Å². The number of hydrogen-bond donors (Lipinski definition) is 2. The Labute approximate surface area is 108 Å². The first-order chi connectivity index (χ1) is 8.63. The van der Waals surface area contributed by atoms with Crippen LogP contribution in [0.2, 0.25) is 0 Å². The number of amides is 1. The van der Waals surface area contributed by atoms with Gasteiger partial charge in [0.2, 0.25) is 5.91 Å². The molecule has 0 aliphatic rings. The second kappa shape index (κ2) is 7.82. The van der Waals surface area contributed by atoms with Gasteiger partial charge in [0, 0.05) is 12.5 Å². The summed E-state index contributed by atoms with van der Waals surface area (Å²) < 4.78 is 12.8. The van der Waals surface area contributed by atoms with E-state index >= 15 is 0 Å². The molecule has 0 spiro atoms. The quantitative estimate of drug-likeness (QED) is 0.698. The first-order valence-corrected chi connectivity index (χ1v) is 6.40. The summed E-state index contributed by atoms with van der Waals surface area (Å²) in [6.07, 6.45) is 3.11. The molecule has 4 heteroatoms. The van der Waals surface area contributed by atoms with Crippen molar-refractivity contribution in [1.29, 1.82) is 0 Å². The van der Waals surface area contributed by atoms with E-state index in [9.17, 15) is 9.18 Å². The number of carbonyl (C=O) groups excluding carboxylic acids is 1. The molecule has 1 amide bonds. The highest BCUT2D eigenvalue weighted by atomic mass is 19.1. The van der Waals surface area contributed by atoms with Crippen LogP contribution < -0.4 is 11.1 Å². The topological polar surface area (TPSA) is 55.1 Å². The Morgan fingerprint density at radius 3 is 2.56 bits per heavy atom. The summed E-state index contributed by atoms with van der Waals surface area (Å²) in [4.78, 5) is 10.6. The molecule has 1 atom stereocenters. The summed E-state index contributed by atoms with van der Waals surface area (Å²) in [6.45, 7) is 2.92. The highest BCUT2D eigenvalue weighted by molar-refractivity contribution is 5.73. The van der Waals surface area contributed by atoms with Gasteiger partial charge in [0.1, 0.15) is 5.82 Å². The summed E-state index contributed by atoms with van der Waals surface area (Å²) in [6, 6.07) is 6.80. The molecule has 0 aliphatic carbocycles. The maximum Gasteiger partial charge on any atom is 0.217 e. The molecule has 0 aromatic heterocycles. The summed E-state index contributed by atoms with van der Waals surface area (Å²) >= 11 is 0. The summed E-state index contributed by atoms with van der Waals surface area (Å²) in [5, 5.41) is 3.40. The molecule has 18 heavy (non-hydrogen) atoms. The summed E-state index contributed by atoms with van der Waals surface area (Å²) in [5.74, 6) is -0.462. The molecule has 3 nitrogen and oxygen atoms in total.